The third kappa shape index (κ3) is 4.86. The summed E-state index contributed by atoms with van der Waals surface area (Å²) in [7, 11) is 0. The highest BCUT2D eigenvalue weighted by Gasteiger charge is 2.06. The van der Waals surface area contributed by atoms with Gasteiger partial charge in [-0.1, -0.05) is 17.7 Å². The SMILES string of the molecule is NC(=O)COc1ccc(CNc2ccc([N+](=O)[O-])cc2)cc1Cl. The van der Waals surface area contributed by atoms with Crippen LogP contribution in [0.25, 0.3) is 0 Å². The van der Waals surface area contributed by atoms with Crippen LogP contribution in [0.4, 0.5) is 11.4 Å². The first kappa shape index (κ1) is 16.6. The molecule has 0 aliphatic heterocycles. The zero-order valence-corrected chi connectivity index (χ0v) is 12.7. The normalized spacial score (nSPS) is 10.1. The van der Waals surface area contributed by atoms with Crippen molar-refractivity contribution in [3.8, 4) is 5.75 Å². The summed E-state index contributed by atoms with van der Waals surface area (Å²) in [4.78, 5) is 20.8. The number of nitro groups is 1. The number of carbonyl (C=O) groups excluding carboxylic acids is 1. The fourth-order valence-corrected chi connectivity index (χ4v) is 2.08. The van der Waals surface area contributed by atoms with Gasteiger partial charge in [0.05, 0.1) is 9.95 Å². The number of nitrogens with one attached hydrogen (secondary N) is 1. The number of rotatable bonds is 7. The molecule has 0 atom stereocenters. The Morgan fingerprint density at radius 2 is 1.96 bits per heavy atom. The molecule has 0 unspecified atom stereocenters. The van der Waals surface area contributed by atoms with Crippen molar-refractivity contribution in [2.45, 2.75) is 6.54 Å². The highest BCUT2D eigenvalue weighted by Crippen LogP contribution is 2.26. The van der Waals surface area contributed by atoms with Gasteiger partial charge in [-0.15, -0.1) is 0 Å². The Kier molecular flexibility index (Phi) is 5.37. The zero-order chi connectivity index (χ0) is 16.8. The van der Waals surface area contributed by atoms with Gasteiger partial charge >= 0.3 is 0 Å². The van der Waals surface area contributed by atoms with Gasteiger partial charge in [0.1, 0.15) is 5.75 Å². The van der Waals surface area contributed by atoms with Crippen molar-refractivity contribution in [3.05, 3.63) is 63.2 Å². The molecule has 23 heavy (non-hydrogen) atoms. The molecular weight excluding hydrogens is 322 g/mol. The van der Waals surface area contributed by atoms with Crippen molar-refractivity contribution in [2.75, 3.05) is 11.9 Å². The summed E-state index contributed by atoms with van der Waals surface area (Å²) in [5, 5.41) is 14.1. The van der Waals surface area contributed by atoms with E-state index < -0.39 is 10.8 Å². The number of non-ortho nitro benzene ring substituents is 1. The molecule has 0 saturated heterocycles. The largest absolute Gasteiger partial charge is 0.482 e. The summed E-state index contributed by atoms with van der Waals surface area (Å²) >= 11 is 6.07. The van der Waals surface area contributed by atoms with E-state index in [1.807, 2.05) is 0 Å². The second-order valence-electron chi connectivity index (χ2n) is 4.68. The summed E-state index contributed by atoms with van der Waals surface area (Å²) in [6.07, 6.45) is 0. The Labute approximate surface area is 137 Å². The van der Waals surface area contributed by atoms with E-state index in [-0.39, 0.29) is 12.3 Å². The molecule has 0 aliphatic rings. The van der Waals surface area contributed by atoms with E-state index >= 15 is 0 Å². The number of anilines is 1. The number of primary amides is 1. The predicted molar refractivity (Wildman–Crippen MR) is 86.6 cm³/mol. The van der Waals surface area contributed by atoms with Gasteiger partial charge in [-0.05, 0) is 29.8 Å². The molecule has 0 aromatic heterocycles. The zero-order valence-electron chi connectivity index (χ0n) is 12.0. The first-order valence-corrected chi connectivity index (χ1v) is 7.01. The highest BCUT2D eigenvalue weighted by atomic mass is 35.5. The maximum atomic E-state index is 10.7. The van der Waals surface area contributed by atoms with Gasteiger partial charge in [0, 0.05) is 24.4 Å². The number of nitro benzene ring substituents is 1. The number of hydrogen-bond acceptors (Lipinski definition) is 5. The molecule has 2 aromatic carbocycles. The minimum Gasteiger partial charge on any atom is -0.482 e. The molecule has 0 bridgehead atoms. The smallest absolute Gasteiger partial charge is 0.269 e. The number of amides is 1. The Morgan fingerprint density at radius 3 is 2.52 bits per heavy atom. The van der Waals surface area contributed by atoms with Crippen LogP contribution in [0.2, 0.25) is 5.02 Å². The number of carbonyl (C=O) groups is 1. The number of nitrogens with zero attached hydrogens (tertiary/aromatic N) is 1. The first-order valence-electron chi connectivity index (χ1n) is 6.63. The van der Waals surface area contributed by atoms with Gasteiger partial charge in [0.15, 0.2) is 6.61 Å². The maximum Gasteiger partial charge on any atom is 0.269 e. The molecule has 1 amide bonds. The number of nitrogens with two attached hydrogens (primary N) is 1. The Balaban J connectivity index is 1.96. The molecule has 0 fully saturated rings. The fraction of sp³-hybridized carbons (Fsp3) is 0.133. The molecule has 2 aromatic rings. The molecule has 120 valence electrons. The molecular formula is C15H14ClN3O4. The van der Waals surface area contributed by atoms with Gasteiger partial charge in [0.25, 0.3) is 11.6 Å². The van der Waals surface area contributed by atoms with Crippen LogP contribution in [-0.4, -0.2) is 17.4 Å². The van der Waals surface area contributed by atoms with Crippen molar-refractivity contribution in [1.29, 1.82) is 0 Å². The number of hydrogen-bond donors (Lipinski definition) is 2. The van der Waals surface area contributed by atoms with Crippen LogP contribution in [0.5, 0.6) is 5.75 Å². The number of benzene rings is 2. The lowest BCUT2D eigenvalue weighted by Crippen LogP contribution is -2.20. The molecule has 7 nitrogen and oxygen atoms in total. The van der Waals surface area contributed by atoms with E-state index in [2.05, 4.69) is 5.32 Å². The lowest BCUT2D eigenvalue weighted by Gasteiger charge is -2.10. The molecule has 8 heteroatoms. The van der Waals surface area contributed by atoms with Crippen molar-refractivity contribution >= 4 is 28.9 Å². The summed E-state index contributed by atoms with van der Waals surface area (Å²) in [5.41, 5.74) is 6.68. The Bertz CT molecular complexity index is 719. The molecule has 0 aliphatic carbocycles. The topological polar surface area (TPSA) is 107 Å². The molecule has 0 spiro atoms. The summed E-state index contributed by atoms with van der Waals surface area (Å²) in [5.74, 6) is -0.200. The minimum absolute atomic E-state index is 0.0366. The lowest BCUT2D eigenvalue weighted by atomic mass is 10.2. The van der Waals surface area contributed by atoms with Gasteiger partial charge in [-0.25, -0.2) is 0 Å². The number of halogens is 1. The average Bonchev–Trinajstić information content (AvgIpc) is 2.52. The van der Waals surface area contributed by atoms with Gasteiger partial charge in [-0.2, -0.15) is 0 Å². The Hall–Kier alpha value is -2.80. The van der Waals surface area contributed by atoms with Crippen LogP contribution in [0.15, 0.2) is 42.5 Å². The minimum atomic E-state index is -0.579. The maximum absolute atomic E-state index is 10.7. The monoisotopic (exact) mass is 335 g/mol. The van der Waals surface area contributed by atoms with Crippen molar-refractivity contribution in [3.63, 3.8) is 0 Å². The van der Waals surface area contributed by atoms with Crippen LogP contribution >= 0.6 is 11.6 Å². The Morgan fingerprint density at radius 1 is 1.26 bits per heavy atom. The molecule has 0 heterocycles. The molecule has 2 rings (SSSR count). The van der Waals surface area contributed by atoms with Gasteiger partial charge in [0.2, 0.25) is 0 Å². The lowest BCUT2D eigenvalue weighted by molar-refractivity contribution is -0.384. The van der Waals surface area contributed by atoms with Crippen LogP contribution in [0.1, 0.15) is 5.56 Å². The van der Waals surface area contributed by atoms with Crippen LogP contribution in [-0.2, 0) is 11.3 Å². The second kappa shape index (κ2) is 7.46. The first-order chi connectivity index (χ1) is 11.0. The van der Waals surface area contributed by atoms with Crippen LogP contribution in [0.3, 0.4) is 0 Å². The average molecular weight is 336 g/mol. The van der Waals surface area contributed by atoms with E-state index in [9.17, 15) is 14.9 Å². The van der Waals surface area contributed by atoms with E-state index in [4.69, 9.17) is 22.1 Å². The quantitative estimate of drug-likeness (QED) is 0.597. The third-order valence-corrected chi connectivity index (χ3v) is 3.24. The van der Waals surface area contributed by atoms with E-state index in [1.54, 1.807) is 30.3 Å². The van der Waals surface area contributed by atoms with Crippen LogP contribution < -0.4 is 15.8 Å². The van der Waals surface area contributed by atoms with E-state index in [0.29, 0.717) is 17.3 Å². The molecule has 0 saturated carbocycles. The summed E-state index contributed by atoms with van der Waals surface area (Å²) in [6.45, 7) is 0.244. The predicted octanol–water partition coefficient (Wildman–Crippen LogP) is 2.72. The number of ether oxygens (including phenoxy) is 1. The molecule has 0 radical (unpaired) electrons. The van der Waals surface area contributed by atoms with Gasteiger partial charge < -0.3 is 15.8 Å². The van der Waals surface area contributed by atoms with E-state index in [1.165, 1.54) is 12.1 Å². The van der Waals surface area contributed by atoms with Crippen LogP contribution in [0, 0.1) is 10.1 Å². The van der Waals surface area contributed by atoms with Crippen molar-refractivity contribution in [1.82, 2.24) is 0 Å². The van der Waals surface area contributed by atoms with E-state index in [0.717, 1.165) is 11.3 Å². The van der Waals surface area contributed by atoms with Crippen molar-refractivity contribution < 1.29 is 14.5 Å². The highest BCUT2D eigenvalue weighted by molar-refractivity contribution is 6.32. The van der Waals surface area contributed by atoms with Crippen molar-refractivity contribution in [2.24, 2.45) is 5.73 Å². The molecule has 3 N–H and O–H groups in total. The summed E-state index contributed by atoms with van der Waals surface area (Å²) < 4.78 is 5.16. The summed E-state index contributed by atoms with van der Waals surface area (Å²) in [6, 6.07) is 11.3. The second-order valence-corrected chi connectivity index (χ2v) is 5.08. The standard InChI is InChI=1S/C15H14ClN3O4/c16-13-7-10(1-6-14(13)23-9-15(17)20)8-18-11-2-4-12(5-3-11)19(21)22/h1-7,18H,8-9H2,(H2,17,20). The fourth-order valence-electron chi connectivity index (χ4n) is 1.83. The van der Waals surface area contributed by atoms with Gasteiger partial charge in [-0.3, -0.25) is 14.9 Å². The third-order valence-electron chi connectivity index (χ3n) is 2.94.